The Labute approximate surface area is 123 Å². The lowest BCUT2D eigenvalue weighted by Gasteiger charge is -2.09. The van der Waals surface area contributed by atoms with Gasteiger partial charge in [-0.2, -0.15) is 0 Å². The minimum Gasteiger partial charge on any atom is -0.481 e. The molecule has 0 aliphatic heterocycles. The fraction of sp³-hybridized carbons (Fsp3) is 0.118. The van der Waals surface area contributed by atoms with Crippen LogP contribution in [0.4, 0.5) is 0 Å². The van der Waals surface area contributed by atoms with Gasteiger partial charge in [0.05, 0.1) is 12.6 Å². The van der Waals surface area contributed by atoms with Crippen molar-refractivity contribution in [1.82, 2.24) is 4.98 Å². The maximum absolute atomic E-state index is 6.05. The normalized spacial score (nSPS) is 10.7. The average Bonchev–Trinajstić information content (AvgIpc) is 2.47. The van der Waals surface area contributed by atoms with Gasteiger partial charge in [-0.3, -0.25) is 0 Å². The molecule has 0 unspecified atom stereocenters. The van der Waals surface area contributed by atoms with Gasteiger partial charge in [0.2, 0.25) is 5.88 Å². The van der Waals surface area contributed by atoms with Crippen LogP contribution in [0.2, 0.25) is 5.02 Å². The third-order valence-corrected chi connectivity index (χ3v) is 3.48. The summed E-state index contributed by atoms with van der Waals surface area (Å²) in [6.45, 7) is 0. The molecule has 1 heterocycles. The number of benzene rings is 2. The van der Waals surface area contributed by atoms with Crippen molar-refractivity contribution in [3.63, 3.8) is 0 Å². The molecule has 0 saturated carbocycles. The number of hydrogen-bond donors (Lipinski definition) is 0. The highest BCUT2D eigenvalue weighted by molar-refractivity contribution is 6.31. The molecule has 0 N–H and O–H groups in total. The third kappa shape index (κ3) is 2.61. The summed E-state index contributed by atoms with van der Waals surface area (Å²) >= 11 is 6.05. The van der Waals surface area contributed by atoms with Crippen molar-refractivity contribution in [3.8, 4) is 5.88 Å². The molecule has 0 aliphatic rings. The first-order valence-corrected chi connectivity index (χ1v) is 6.81. The van der Waals surface area contributed by atoms with E-state index in [9.17, 15) is 0 Å². The van der Waals surface area contributed by atoms with Gasteiger partial charge < -0.3 is 4.74 Å². The lowest BCUT2D eigenvalue weighted by Crippen LogP contribution is -1.97. The second-order valence-corrected chi connectivity index (χ2v) is 5.09. The number of rotatable bonds is 3. The van der Waals surface area contributed by atoms with Gasteiger partial charge in [-0.25, -0.2) is 4.98 Å². The molecule has 3 rings (SSSR count). The molecule has 2 nitrogen and oxygen atoms in total. The van der Waals surface area contributed by atoms with Crippen LogP contribution in [-0.2, 0) is 6.42 Å². The Morgan fingerprint density at radius 2 is 1.85 bits per heavy atom. The second kappa shape index (κ2) is 5.51. The molecule has 2 aromatic carbocycles. The second-order valence-electron chi connectivity index (χ2n) is 4.66. The standard InChI is InChI=1S/C17H14ClNO/c1-20-17-14(9-12-5-3-2-4-6-12)10-13-11-15(18)7-8-16(13)19-17/h2-8,10-11H,9H2,1H3. The van der Waals surface area contributed by atoms with Gasteiger partial charge in [0.25, 0.3) is 0 Å². The van der Waals surface area contributed by atoms with Crippen molar-refractivity contribution in [2.45, 2.75) is 6.42 Å². The van der Waals surface area contributed by atoms with E-state index in [1.165, 1.54) is 5.56 Å². The number of halogens is 1. The van der Waals surface area contributed by atoms with E-state index in [0.717, 1.165) is 27.9 Å². The molecule has 3 heteroatoms. The maximum Gasteiger partial charge on any atom is 0.217 e. The van der Waals surface area contributed by atoms with E-state index >= 15 is 0 Å². The van der Waals surface area contributed by atoms with Gasteiger partial charge in [-0.05, 0) is 29.8 Å². The SMILES string of the molecule is COc1nc2ccc(Cl)cc2cc1Cc1ccccc1. The van der Waals surface area contributed by atoms with Gasteiger partial charge in [-0.15, -0.1) is 0 Å². The summed E-state index contributed by atoms with van der Waals surface area (Å²) in [5.41, 5.74) is 3.19. The van der Waals surface area contributed by atoms with Crippen molar-refractivity contribution in [2.24, 2.45) is 0 Å². The van der Waals surface area contributed by atoms with Crippen molar-refractivity contribution in [1.29, 1.82) is 0 Å². The molecule has 0 atom stereocenters. The Kier molecular flexibility index (Phi) is 3.57. The molecular weight excluding hydrogens is 270 g/mol. The van der Waals surface area contributed by atoms with Crippen LogP contribution >= 0.6 is 11.6 Å². The Bertz CT molecular complexity index is 741. The fourth-order valence-electron chi connectivity index (χ4n) is 2.29. The zero-order valence-corrected chi connectivity index (χ0v) is 11.9. The largest absolute Gasteiger partial charge is 0.481 e. The molecule has 0 saturated heterocycles. The van der Waals surface area contributed by atoms with E-state index in [-0.39, 0.29) is 0 Å². The molecule has 0 aliphatic carbocycles. The Morgan fingerprint density at radius 1 is 1.05 bits per heavy atom. The number of hydrogen-bond acceptors (Lipinski definition) is 2. The van der Waals surface area contributed by atoms with E-state index in [2.05, 4.69) is 23.2 Å². The molecule has 0 spiro atoms. The maximum atomic E-state index is 6.05. The molecular formula is C17H14ClNO. The van der Waals surface area contributed by atoms with Gasteiger partial charge in [0, 0.05) is 22.4 Å². The van der Waals surface area contributed by atoms with Crippen molar-refractivity contribution >= 4 is 22.5 Å². The first-order valence-electron chi connectivity index (χ1n) is 6.43. The number of nitrogens with zero attached hydrogens (tertiary/aromatic N) is 1. The van der Waals surface area contributed by atoms with Gasteiger partial charge in [0.1, 0.15) is 0 Å². The van der Waals surface area contributed by atoms with Crippen LogP contribution in [0.25, 0.3) is 10.9 Å². The number of pyridine rings is 1. The van der Waals surface area contributed by atoms with Crippen LogP contribution in [0.1, 0.15) is 11.1 Å². The van der Waals surface area contributed by atoms with Crippen LogP contribution in [0.3, 0.4) is 0 Å². The van der Waals surface area contributed by atoms with Crippen LogP contribution in [-0.4, -0.2) is 12.1 Å². The Hall–Kier alpha value is -2.06. The van der Waals surface area contributed by atoms with E-state index in [1.54, 1.807) is 7.11 Å². The van der Waals surface area contributed by atoms with Crippen molar-refractivity contribution in [3.05, 3.63) is 70.7 Å². The average molecular weight is 284 g/mol. The third-order valence-electron chi connectivity index (χ3n) is 3.25. The number of methoxy groups -OCH3 is 1. The van der Waals surface area contributed by atoms with E-state index in [0.29, 0.717) is 5.88 Å². The summed E-state index contributed by atoms with van der Waals surface area (Å²) < 4.78 is 5.41. The smallest absolute Gasteiger partial charge is 0.217 e. The highest BCUT2D eigenvalue weighted by Crippen LogP contribution is 2.26. The van der Waals surface area contributed by atoms with E-state index < -0.39 is 0 Å². The van der Waals surface area contributed by atoms with E-state index in [1.807, 2.05) is 36.4 Å². The number of ether oxygens (including phenoxy) is 1. The summed E-state index contributed by atoms with van der Waals surface area (Å²) in [7, 11) is 1.65. The number of fused-ring (bicyclic) bond motifs is 1. The molecule has 0 amide bonds. The summed E-state index contributed by atoms with van der Waals surface area (Å²) in [4.78, 5) is 4.55. The molecule has 1 aromatic heterocycles. The summed E-state index contributed by atoms with van der Waals surface area (Å²) in [6.07, 6.45) is 0.791. The minimum absolute atomic E-state index is 0.670. The molecule has 0 radical (unpaired) electrons. The Morgan fingerprint density at radius 3 is 2.60 bits per heavy atom. The summed E-state index contributed by atoms with van der Waals surface area (Å²) in [6, 6.07) is 18.1. The monoisotopic (exact) mass is 283 g/mol. The van der Waals surface area contributed by atoms with Crippen molar-refractivity contribution < 1.29 is 4.74 Å². The van der Waals surface area contributed by atoms with Crippen LogP contribution in [0, 0.1) is 0 Å². The predicted octanol–water partition coefficient (Wildman–Crippen LogP) is 4.49. The van der Waals surface area contributed by atoms with E-state index in [4.69, 9.17) is 16.3 Å². The summed E-state index contributed by atoms with van der Waals surface area (Å²) in [5.74, 6) is 0.670. The predicted molar refractivity (Wildman–Crippen MR) is 82.6 cm³/mol. The van der Waals surface area contributed by atoms with Crippen LogP contribution < -0.4 is 4.74 Å². The highest BCUT2D eigenvalue weighted by atomic mass is 35.5. The fourth-order valence-corrected chi connectivity index (χ4v) is 2.47. The molecule has 100 valence electrons. The first-order chi connectivity index (χ1) is 9.76. The zero-order chi connectivity index (χ0) is 13.9. The summed E-state index contributed by atoms with van der Waals surface area (Å²) in [5, 5.41) is 1.75. The highest BCUT2D eigenvalue weighted by Gasteiger charge is 2.08. The quantitative estimate of drug-likeness (QED) is 0.707. The Balaban J connectivity index is 2.08. The topological polar surface area (TPSA) is 22.1 Å². The van der Waals surface area contributed by atoms with Gasteiger partial charge >= 0.3 is 0 Å². The van der Waals surface area contributed by atoms with Gasteiger partial charge in [-0.1, -0.05) is 41.9 Å². The first kappa shape index (κ1) is 12.9. The van der Waals surface area contributed by atoms with Crippen LogP contribution in [0.15, 0.2) is 54.6 Å². The molecule has 20 heavy (non-hydrogen) atoms. The lowest BCUT2D eigenvalue weighted by molar-refractivity contribution is 0.395. The van der Waals surface area contributed by atoms with Gasteiger partial charge in [0.15, 0.2) is 0 Å². The van der Waals surface area contributed by atoms with Crippen LogP contribution in [0.5, 0.6) is 5.88 Å². The van der Waals surface area contributed by atoms with Crippen molar-refractivity contribution in [2.75, 3.05) is 7.11 Å². The molecule has 3 aromatic rings. The lowest BCUT2D eigenvalue weighted by atomic mass is 10.0. The molecule has 0 bridgehead atoms. The molecule has 0 fully saturated rings. The zero-order valence-electron chi connectivity index (χ0n) is 11.1. The minimum atomic E-state index is 0.670. The number of aromatic nitrogens is 1.